The molecule has 0 aliphatic carbocycles. The zero-order valence-electron chi connectivity index (χ0n) is 10.5. The van der Waals surface area contributed by atoms with Gasteiger partial charge in [-0.15, -0.1) is 0 Å². The van der Waals surface area contributed by atoms with Crippen LogP contribution in [0.5, 0.6) is 0 Å². The zero-order chi connectivity index (χ0) is 15.7. The number of hydrogen-bond acceptors (Lipinski definition) is 3. The summed E-state index contributed by atoms with van der Waals surface area (Å²) in [6, 6.07) is 1.82. The summed E-state index contributed by atoms with van der Waals surface area (Å²) in [4.78, 5) is 11.0. The van der Waals surface area contributed by atoms with Gasteiger partial charge in [-0.25, -0.2) is 4.79 Å². The molecule has 0 amide bonds. The van der Waals surface area contributed by atoms with Gasteiger partial charge in [0.1, 0.15) is 0 Å². The van der Waals surface area contributed by atoms with Gasteiger partial charge >= 0.3 is 12.1 Å². The largest absolute Gasteiger partial charge is 0.479 e. The minimum absolute atomic E-state index is 0.0525. The van der Waals surface area contributed by atoms with Gasteiger partial charge in [-0.2, -0.15) is 13.2 Å². The maximum Gasteiger partial charge on any atom is 0.418 e. The Bertz CT molecular complexity index is 533. The molecule has 1 aromatic carbocycles. The van der Waals surface area contributed by atoms with Crippen LogP contribution in [0.1, 0.15) is 24.5 Å². The molecule has 1 rings (SSSR count). The number of rotatable bonds is 4. The monoisotopic (exact) mass is 311 g/mol. The second-order valence-corrected chi connectivity index (χ2v) is 4.81. The van der Waals surface area contributed by atoms with Crippen molar-refractivity contribution in [2.24, 2.45) is 0 Å². The third-order valence-electron chi connectivity index (χ3n) is 2.97. The summed E-state index contributed by atoms with van der Waals surface area (Å²) < 4.78 is 38.3. The third kappa shape index (κ3) is 3.34. The van der Waals surface area contributed by atoms with Gasteiger partial charge in [0.05, 0.1) is 16.3 Å². The second kappa shape index (κ2) is 5.49. The lowest BCUT2D eigenvalue weighted by Gasteiger charge is -2.22. The Hall–Kier alpha value is -1.47. The molecule has 0 heterocycles. The maximum atomic E-state index is 12.8. The van der Waals surface area contributed by atoms with E-state index in [-0.39, 0.29) is 17.0 Å². The normalized spacial score (nSPS) is 14.9. The molecule has 0 saturated carbocycles. The number of aliphatic hydroxyl groups is 1. The summed E-state index contributed by atoms with van der Waals surface area (Å²) in [5, 5.41) is 18.4. The minimum atomic E-state index is -4.71. The average Bonchev–Trinajstić information content (AvgIpc) is 2.31. The lowest BCUT2D eigenvalue weighted by molar-refractivity contribution is -0.158. The summed E-state index contributed by atoms with van der Waals surface area (Å²) in [5.74, 6) is -1.51. The number of halogens is 4. The Morgan fingerprint density at radius 1 is 1.40 bits per heavy atom. The molecule has 0 aliphatic rings. The molecule has 0 aromatic heterocycles. The van der Waals surface area contributed by atoms with Crippen LogP contribution < -0.4 is 5.73 Å². The topological polar surface area (TPSA) is 83.5 Å². The highest BCUT2D eigenvalue weighted by molar-refractivity contribution is 6.33. The molecule has 4 N–H and O–H groups in total. The summed E-state index contributed by atoms with van der Waals surface area (Å²) in [5.41, 5.74) is 1.28. The zero-order valence-corrected chi connectivity index (χ0v) is 11.2. The molecule has 0 bridgehead atoms. The van der Waals surface area contributed by atoms with Crippen molar-refractivity contribution in [3.8, 4) is 0 Å². The van der Waals surface area contributed by atoms with E-state index in [2.05, 4.69) is 0 Å². The van der Waals surface area contributed by atoms with Gasteiger partial charge in [0, 0.05) is 6.42 Å². The molecule has 0 unspecified atom stereocenters. The van der Waals surface area contributed by atoms with E-state index in [1.807, 2.05) is 0 Å². The van der Waals surface area contributed by atoms with E-state index in [1.165, 1.54) is 6.92 Å². The van der Waals surface area contributed by atoms with E-state index >= 15 is 0 Å². The first-order valence-electron chi connectivity index (χ1n) is 5.62. The smallest absolute Gasteiger partial charge is 0.418 e. The Kier molecular flexibility index (Phi) is 4.55. The number of anilines is 1. The Morgan fingerprint density at radius 3 is 2.35 bits per heavy atom. The fourth-order valence-corrected chi connectivity index (χ4v) is 1.94. The number of carbonyl (C=O) groups is 1. The highest BCUT2D eigenvalue weighted by Crippen LogP contribution is 2.38. The van der Waals surface area contributed by atoms with Crippen molar-refractivity contribution < 1.29 is 28.2 Å². The number of carboxylic acid groups (broad SMARTS) is 1. The van der Waals surface area contributed by atoms with Crippen LogP contribution in [-0.2, 0) is 17.4 Å². The van der Waals surface area contributed by atoms with Crippen molar-refractivity contribution >= 4 is 23.3 Å². The molecule has 1 aromatic rings. The number of alkyl halides is 3. The van der Waals surface area contributed by atoms with E-state index in [0.717, 1.165) is 6.07 Å². The van der Waals surface area contributed by atoms with Crippen LogP contribution in [0, 0.1) is 0 Å². The molecule has 4 nitrogen and oxygen atoms in total. The molecule has 0 aliphatic heterocycles. The highest BCUT2D eigenvalue weighted by Gasteiger charge is 2.37. The van der Waals surface area contributed by atoms with Crippen LogP contribution in [0.4, 0.5) is 18.9 Å². The number of hydrogen-bond donors (Lipinski definition) is 3. The first-order chi connectivity index (χ1) is 9.01. The van der Waals surface area contributed by atoms with Gasteiger partial charge in [0.25, 0.3) is 0 Å². The minimum Gasteiger partial charge on any atom is -0.479 e. The summed E-state index contributed by atoms with van der Waals surface area (Å²) >= 11 is 5.62. The molecule has 0 fully saturated rings. The van der Waals surface area contributed by atoms with Crippen molar-refractivity contribution in [3.05, 3.63) is 28.3 Å². The van der Waals surface area contributed by atoms with Gasteiger partial charge in [0.15, 0.2) is 5.60 Å². The summed E-state index contributed by atoms with van der Waals surface area (Å²) in [6.45, 7) is 1.41. The van der Waals surface area contributed by atoms with Crippen LogP contribution in [0.3, 0.4) is 0 Å². The lowest BCUT2D eigenvalue weighted by atomic mass is 9.91. The Balaban J connectivity index is 3.28. The van der Waals surface area contributed by atoms with E-state index in [4.69, 9.17) is 22.4 Å². The van der Waals surface area contributed by atoms with E-state index in [1.54, 1.807) is 0 Å². The van der Waals surface area contributed by atoms with E-state index < -0.39 is 35.4 Å². The van der Waals surface area contributed by atoms with Crippen molar-refractivity contribution in [1.29, 1.82) is 0 Å². The fraction of sp³-hybridized carbons (Fsp3) is 0.417. The lowest BCUT2D eigenvalue weighted by Crippen LogP contribution is -2.40. The second-order valence-electron chi connectivity index (χ2n) is 4.40. The van der Waals surface area contributed by atoms with Gasteiger partial charge in [-0.1, -0.05) is 18.5 Å². The van der Waals surface area contributed by atoms with Crippen LogP contribution in [0.25, 0.3) is 0 Å². The van der Waals surface area contributed by atoms with Crippen molar-refractivity contribution in [1.82, 2.24) is 0 Å². The molecule has 20 heavy (non-hydrogen) atoms. The van der Waals surface area contributed by atoms with Crippen LogP contribution >= 0.6 is 11.6 Å². The molecule has 0 saturated heterocycles. The van der Waals surface area contributed by atoms with Gasteiger partial charge in [-0.3, -0.25) is 0 Å². The third-order valence-corrected chi connectivity index (χ3v) is 3.29. The number of nitrogens with two attached hydrogens (primary N) is 1. The van der Waals surface area contributed by atoms with Crippen LogP contribution in [0.2, 0.25) is 5.02 Å². The number of benzene rings is 1. The molecule has 0 radical (unpaired) electrons. The molecule has 8 heteroatoms. The molecule has 112 valence electrons. The summed E-state index contributed by atoms with van der Waals surface area (Å²) in [7, 11) is 0. The molecule has 1 atom stereocenters. The van der Waals surface area contributed by atoms with E-state index in [9.17, 15) is 23.1 Å². The van der Waals surface area contributed by atoms with E-state index in [0.29, 0.717) is 6.07 Å². The quantitative estimate of drug-likeness (QED) is 0.747. The highest BCUT2D eigenvalue weighted by atomic mass is 35.5. The number of carboxylic acids is 1. The van der Waals surface area contributed by atoms with Gasteiger partial charge in [0.2, 0.25) is 0 Å². The van der Waals surface area contributed by atoms with Crippen LogP contribution in [0.15, 0.2) is 12.1 Å². The Labute approximate surface area is 118 Å². The SMILES string of the molecule is CC[C@@](O)(Cc1cc(Cl)c(N)c(C(F)(F)F)c1)C(=O)O. The predicted octanol–water partition coefficient (Wildman–Crippen LogP) is 2.71. The van der Waals surface area contributed by atoms with Gasteiger partial charge < -0.3 is 15.9 Å². The molecular weight excluding hydrogens is 299 g/mol. The molecule has 0 spiro atoms. The number of nitrogen functional groups attached to an aromatic ring is 1. The van der Waals surface area contributed by atoms with Crippen molar-refractivity contribution in [3.63, 3.8) is 0 Å². The average molecular weight is 312 g/mol. The Morgan fingerprint density at radius 2 is 1.95 bits per heavy atom. The predicted molar refractivity (Wildman–Crippen MR) is 67.4 cm³/mol. The summed E-state index contributed by atoms with van der Waals surface area (Å²) in [6.07, 6.45) is -5.37. The van der Waals surface area contributed by atoms with Crippen molar-refractivity contribution in [2.45, 2.75) is 31.5 Å². The van der Waals surface area contributed by atoms with Gasteiger partial charge in [-0.05, 0) is 24.1 Å². The van der Waals surface area contributed by atoms with Crippen LogP contribution in [-0.4, -0.2) is 21.8 Å². The fourth-order valence-electron chi connectivity index (χ4n) is 1.70. The molecular formula is C12H13ClF3NO3. The number of aliphatic carboxylic acids is 1. The standard InChI is InChI=1S/C12H13ClF3NO3/c1-2-11(20,10(18)19)5-6-3-7(12(14,15)16)9(17)8(13)4-6/h3-4,20H,2,5,17H2,1H3,(H,18,19)/t11-/m1/s1. The maximum absolute atomic E-state index is 12.8. The first kappa shape index (κ1) is 16.6. The first-order valence-corrected chi connectivity index (χ1v) is 6.00. The van der Waals surface area contributed by atoms with Crippen molar-refractivity contribution in [2.75, 3.05) is 5.73 Å².